The maximum Gasteiger partial charge on any atom is 0.115 e. The smallest absolute Gasteiger partial charge is 0.115 e. The topological polar surface area (TPSA) is 20.2 Å². The molecule has 33 heavy (non-hydrogen) atoms. The summed E-state index contributed by atoms with van der Waals surface area (Å²) in [6.07, 6.45) is 24.8. The van der Waals surface area contributed by atoms with E-state index in [0.29, 0.717) is 11.2 Å². The summed E-state index contributed by atoms with van der Waals surface area (Å²) in [7, 11) is 0. The number of aryl methyl sites for hydroxylation is 1. The lowest BCUT2D eigenvalue weighted by atomic mass is 9.88. The average molecular weight is 461 g/mol. The van der Waals surface area contributed by atoms with Gasteiger partial charge in [-0.3, -0.25) is 0 Å². The van der Waals surface area contributed by atoms with Gasteiger partial charge in [-0.1, -0.05) is 150 Å². The van der Waals surface area contributed by atoms with E-state index >= 15 is 0 Å². The van der Waals surface area contributed by atoms with Crippen LogP contribution < -0.4 is 0 Å². The quantitative estimate of drug-likeness (QED) is 0.216. The summed E-state index contributed by atoms with van der Waals surface area (Å²) in [5, 5.41) is 9.42. The van der Waals surface area contributed by atoms with E-state index in [1.807, 2.05) is 12.1 Å². The van der Waals surface area contributed by atoms with Gasteiger partial charge in [-0.05, 0) is 48.3 Å². The monoisotopic (exact) mass is 460 g/mol. The molecule has 1 atom stereocenters. The van der Waals surface area contributed by atoms with Gasteiger partial charge >= 0.3 is 0 Å². The molecule has 1 aromatic carbocycles. The van der Waals surface area contributed by atoms with Crippen LogP contribution in [-0.2, 0) is 6.42 Å². The lowest BCUT2D eigenvalue weighted by Crippen LogP contribution is -2.05. The molecule has 0 radical (unpaired) electrons. The van der Waals surface area contributed by atoms with Gasteiger partial charge in [-0.15, -0.1) is 0 Å². The van der Waals surface area contributed by atoms with Crippen LogP contribution in [0.2, 0.25) is 0 Å². The number of hydrogen-bond donors (Lipinski definition) is 1. The first kappa shape index (κ1) is 32.0. The predicted octanol–water partition coefficient (Wildman–Crippen LogP) is 11.3. The molecule has 1 N–H and O–H groups in total. The number of benzene rings is 1. The highest BCUT2D eigenvalue weighted by molar-refractivity contribution is 5.27. The standard InChI is InChI=1S/C21H36O.C11H24/c1-2-3-4-5-6-7-8-9-10-11-12-13-14-16-20-17-15-18-21(22)19-20;1-6-10(2)8-7-9-11(3,4)5/h15,17-19,22H,2-14,16H2,1H3;10H,6-9H2,1-5H3. The summed E-state index contributed by atoms with van der Waals surface area (Å²) in [6.45, 7) is 13.9. The third kappa shape index (κ3) is 24.0. The summed E-state index contributed by atoms with van der Waals surface area (Å²) in [6, 6.07) is 7.68. The molecule has 0 saturated carbocycles. The van der Waals surface area contributed by atoms with Crippen LogP contribution in [0, 0.1) is 11.3 Å². The second kappa shape index (κ2) is 21.5. The Kier molecular flexibility index (Phi) is 20.9. The molecule has 1 aromatic rings. The summed E-state index contributed by atoms with van der Waals surface area (Å²) < 4.78 is 0. The van der Waals surface area contributed by atoms with E-state index in [1.165, 1.54) is 115 Å². The molecule has 0 heterocycles. The second-order valence-corrected chi connectivity index (χ2v) is 11.6. The van der Waals surface area contributed by atoms with E-state index in [9.17, 15) is 5.11 Å². The van der Waals surface area contributed by atoms with Crippen molar-refractivity contribution in [3.8, 4) is 5.75 Å². The Bertz CT molecular complexity index is 528. The normalized spacial score (nSPS) is 12.3. The highest BCUT2D eigenvalue weighted by atomic mass is 16.3. The Hall–Kier alpha value is -0.980. The fraction of sp³-hybridized carbons (Fsp3) is 0.812. The lowest BCUT2D eigenvalue weighted by Gasteiger charge is -2.18. The van der Waals surface area contributed by atoms with Crippen LogP contribution in [0.3, 0.4) is 0 Å². The fourth-order valence-electron chi connectivity index (χ4n) is 4.24. The Morgan fingerprint density at radius 1 is 0.727 bits per heavy atom. The molecule has 0 saturated heterocycles. The fourth-order valence-corrected chi connectivity index (χ4v) is 4.24. The first-order chi connectivity index (χ1) is 15.8. The molecule has 0 aliphatic carbocycles. The Balaban J connectivity index is 0.000000785. The van der Waals surface area contributed by atoms with E-state index in [4.69, 9.17) is 0 Å². The largest absolute Gasteiger partial charge is 0.508 e. The van der Waals surface area contributed by atoms with Crippen LogP contribution in [0.1, 0.15) is 156 Å². The molecule has 1 rings (SSSR count). The minimum Gasteiger partial charge on any atom is -0.508 e. The molecule has 0 aromatic heterocycles. The SMILES string of the molecule is CCC(C)CCCC(C)(C)C.CCCCCCCCCCCCCCCc1cccc(O)c1. The zero-order valence-electron chi connectivity index (χ0n) is 23.6. The Morgan fingerprint density at radius 3 is 1.70 bits per heavy atom. The zero-order valence-corrected chi connectivity index (χ0v) is 23.6. The van der Waals surface area contributed by atoms with Gasteiger partial charge in [-0.2, -0.15) is 0 Å². The number of rotatable bonds is 18. The molecular formula is C32H60O. The van der Waals surface area contributed by atoms with Crippen molar-refractivity contribution >= 4 is 0 Å². The van der Waals surface area contributed by atoms with Crippen molar-refractivity contribution in [2.45, 2.75) is 157 Å². The number of aromatic hydroxyl groups is 1. The van der Waals surface area contributed by atoms with E-state index in [0.717, 1.165) is 12.3 Å². The second-order valence-electron chi connectivity index (χ2n) is 11.6. The van der Waals surface area contributed by atoms with Crippen molar-refractivity contribution in [3.05, 3.63) is 29.8 Å². The van der Waals surface area contributed by atoms with Gasteiger partial charge in [-0.25, -0.2) is 0 Å². The Morgan fingerprint density at radius 2 is 1.24 bits per heavy atom. The van der Waals surface area contributed by atoms with Crippen molar-refractivity contribution in [2.75, 3.05) is 0 Å². The molecule has 1 nitrogen and oxygen atoms in total. The Labute approximate surface area is 209 Å². The van der Waals surface area contributed by atoms with Gasteiger partial charge in [0.15, 0.2) is 0 Å². The van der Waals surface area contributed by atoms with Crippen molar-refractivity contribution < 1.29 is 5.11 Å². The summed E-state index contributed by atoms with van der Waals surface area (Å²) >= 11 is 0. The third-order valence-corrected chi connectivity index (χ3v) is 6.80. The van der Waals surface area contributed by atoms with Crippen LogP contribution in [0.15, 0.2) is 24.3 Å². The number of unbranched alkanes of at least 4 members (excludes halogenated alkanes) is 12. The van der Waals surface area contributed by atoms with Crippen LogP contribution in [0.5, 0.6) is 5.75 Å². The molecule has 0 bridgehead atoms. The first-order valence-corrected chi connectivity index (χ1v) is 14.6. The van der Waals surface area contributed by atoms with Gasteiger partial charge < -0.3 is 5.11 Å². The molecular weight excluding hydrogens is 400 g/mol. The molecule has 194 valence electrons. The van der Waals surface area contributed by atoms with Crippen molar-refractivity contribution in [1.82, 2.24) is 0 Å². The summed E-state index contributed by atoms with van der Waals surface area (Å²) in [4.78, 5) is 0. The van der Waals surface area contributed by atoms with Gasteiger partial charge in [0, 0.05) is 0 Å². The van der Waals surface area contributed by atoms with Gasteiger partial charge in [0.05, 0.1) is 0 Å². The minimum atomic E-state index is 0.396. The summed E-state index contributed by atoms with van der Waals surface area (Å²) in [5.74, 6) is 1.32. The van der Waals surface area contributed by atoms with Gasteiger partial charge in [0.1, 0.15) is 5.75 Å². The van der Waals surface area contributed by atoms with Crippen LogP contribution in [0.4, 0.5) is 0 Å². The number of hydrogen-bond acceptors (Lipinski definition) is 1. The van der Waals surface area contributed by atoms with E-state index in [1.54, 1.807) is 6.07 Å². The highest BCUT2D eigenvalue weighted by Crippen LogP contribution is 2.23. The first-order valence-electron chi connectivity index (χ1n) is 14.6. The van der Waals surface area contributed by atoms with Crippen LogP contribution in [0.25, 0.3) is 0 Å². The zero-order chi connectivity index (χ0) is 24.8. The molecule has 1 heteroatoms. The van der Waals surface area contributed by atoms with Gasteiger partial charge in [0.2, 0.25) is 0 Å². The highest BCUT2D eigenvalue weighted by Gasteiger charge is 2.09. The molecule has 0 spiro atoms. The third-order valence-electron chi connectivity index (χ3n) is 6.80. The lowest BCUT2D eigenvalue weighted by molar-refractivity contribution is 0.341. The summed E-state index contributed by atoms with van der Waals surface area (Å²) in [5.41, 5.74) is 1.80. The maximum absolute atomic E-state index is 9.42. The van der Waals surface area contributed by atoms with E-state index < -0.39 is 0 Å². The van der Waals surface area contributed by atoms with E-state index in [-0.39, 0.29) is 0 Å². The maximum atomic E-state index is 9.42. The van der Waals surface area contributed by atoms with Crippen molar-refractivity contribution in [2.24, 2.45) is 11.3 Å². The molecule has 0 amide bonds. The van der Waals surface area contributed by atoms with Crippen molar-refractivity contribution in [3.63, 3.8) is 0 Å². The average Bonchev–Trinajstić information content (AvgIpc) is 2.76. The number of phenolic OH excluding ortho intramolecular Hbond substituents is 1. The molecule has 1 unspecified atom stereocenters. The van der Waals surface area contributed by atoms with Gasteiger partial charge in [0.25, 0.3) is 0 Å². The molecule has 0 aliphatic rings. The molecule has 0 aliphatic heterocycles. The number of phenols is 1. The van der Waals surface area contributed by atoms with Crippen LogP contribution >= 0.6 is 0 Å². The minimum absolute atomic E-state index is 0.396. The molecule has 0 fully saturated rings. The van der Waals surface area contributed by atoms with E-state index in [2.05, 4.69) is 47.6 Å². The van der Waals surface area contributed by atoms with Crippen molar-refractivity contribution in [1.29, 1.82) is 0 Å². The van der Waals surface area contributed by atoms with Crippen LogP contribution in [-0.4, -0.2) is 5.11 Å². The predicted molar refractivity (Wildman–Crippen MR) is 150 cm³/mol.